The summed E-state index contributed by atoms with van der Waals surface area (Å²) < 4.78 is 0. The molecule has 5 heteroatoms. The highest BCUT2D eigenvalue weighted by Crippen LogP contribution is 2.11. The van der Waals surface area contributed by atoms with Gasteiger partial charge in [-0.05, 0) is 56.6 Å². The predicted molar refractivity (Wildman–Crippen MR) is 88.0 cm³/mol. The van der Waals surface area contributed by atoms with Gasteiger partial charge in [-0.15, -0.1) is 0 Å². The number of hydrogen-bond acceptors (Lipinski definition) is 3. The number of nitrogens with one attached hydrogen (secondary N) is 2. The van der Waals surface area contributed by atoms with Crippen molar-refractivity contribution in [2.45, 2.75) is 32.6 Å². The van der Waals surface area contributed by atoms with Crippen LogP contribution in [0, 0.1) is 0 Å². The molecule has 0 radical (unpaired) electrons. The van der Waals surface area contributed by atoms with E-state index >= 15 is 0 Å². The number of amides is 2. The quantitative estimate of drug-likeness (QED) is 0.847. The van der Waals surface area contributed by atoms with E-state index in [-0.39, 0.29) is 11.8 Å². The van der Waals surface area contributed by atoms with Gasteiger partial charge in [0.05, 0.1) is 6.54 Å². The Morgan fingerprint density at radius 1 is 1.09 bits per heavy atom. The van der Waals surface area contributed by atoms with Crippen LogP contribution in [0.15, 0.2) is 24.3 Å². The summed E-state index contributed by atoms with van der Waals surface area (Å²) in [6.45, 7) is 5.14. The summed E-state index contributed by atoms with van der Waals surface area (Å²) in [5.74, 6) is -0.0712. The SMILES string of the molecule is CCCNC(=O)c1ccc(NC(=O)CN2CCCCC2)cc1. The summed E-state index contributed by atoms with van der Waals surface area (Å²) in [7, 11) is 0. The van der Waals surface area contributed by atoms with E-state index in [2.05, 4.69) is 15.5 Å². The fourth-order valence-electron chi connectivity index (χ4n) is 2.57. The Labute approximate surface area is 132 Å². The highest BCUT2D eigenvalue weighted by atomic mass is 16.2. The van der Waals surface area contributed by atoms with Gasteiger partial charge in [0.15, 0.2) is 0 Å². The number of likely N-dealkylation sites (tertiary alicyclic amines) is 1. The van der Waals surface area contributed by atoms with E-state index < -0.39 is 0 Å². The highest BCUT2D eigenvalue weighted by molar-refractivity contribution is 5.96. The maximum Gasteiger partial charge on any atom is 0.251 e. The third kappa shape index (κ3) is 5.15. The molecule has 120 valence electrons. The second-order valence-electron chi connectivity index (χ2n) is 5.72. The highest BCUT2D eigenvalue weighted by Gasteiger charge is 2.14. The molecule has 22 heavy (non-hydrogen) atoms. The molecule has 2 amide bonds. The van der Waals surface area contributed by atoms with E-state index in [1.807, 2.05) is 6.92 Å². The van der Waals surface area contributed by atoms with Crippen molar-refractivity contribution in [1.29, 1.82) is 0 Å². The standard InChI is InChI=1S/C17H25N3O2/c1-2-10-18-17(22)14-6-8-15(9-7-14)19-16(21)13-20-11-4-3-5-12-20/h6-9H,2-5,10-13H2,1H3,(H,18,22)(H,19,21). The van der Waals surface area contributed by atoms with Gasteiger partial charge in [-0.2, -0.15) is 0 Å². The summed E-state index contributed by atoms with van der Waals surface area (Å²) in [6, 6.07) is 7.02. The van der Waals surface area contributed by atoms with Crippen LogP contribution >= 0.6 is 0 Å². The van der Waals surface area contributed by atoms with Gasteiger partial charge in [0.1, 0.15) is 0 Å². The number of benzene rings is 1. The minimum absolute atomic E-state index is 0.00471. The van der Waals surface area contributed by atoms with Crippen LogP contribution in [0.25, 0.3) is 0 Å². The zero-order chi connectivity index (χ0) is 15.8. The van der Waals surface area contributed by atoms with E-state index in [1.54, 1.807) is 24.3 Å². The lowest BCUT2D eigenvalue weighted by Crippen LogP contribution is -2.36. The molecule has 1 heterocycles. The minimum atomic E-state index is -0.0759. The van der Waals surface area contributed by atoms with Gasteiger partial charge in [0, 0.05) is 17.8 Å². The van der Waals surface area contributed by atoms with Gasteiger partial charge in [-0.1, -0.05) is 13.3 Å². The Hall–Kier alpha value is -1.88. The van der Waals surface area contributed by atoms with Gasteiger partial charge in [0.25, 0.3) is 5.91 Å². The first-order valence-corrected chi connectivity index (χ1v) is 8.09. The summed E-state index contributed by atoms with van der Waals surface area (Å²) in [4.78, 5) is 26.0. The van der Waals surface area contributed by atoms with Crippen LogP contribution in [0.2, 0.25) is 0 Å². The van der Waals surface area contributed by atoms with Crippen LogP contribution in [-0.4, -0.2) is 42.9 Å². The van der Waals surface area contributed by atoms with E-state index in [4.69, 9.17) is 0 Å². The van der Waals surface area contributed by atoms with Crippen LogP contribution in [-0.2, 0) is 4.79 Å². The van der Waals surface area contributed by atoms with Crippen LogP contribution < -0.4 is 10.6 Å². The van der Waals surface area contributed by atoms with Crippen LogP contribution in [0.4, 0.5) is 5.69 Å². The van der Waals surface area contributed by atoms with E-state index in [9.17, 15) is 9.59 Å². The summed E-state index contributed by atoms with van der Waals surface area (Å²) in [5.41, 5.74) is 1.34. The number of piperidine rings is 1. The van der Waals surface area contributed by atoms with Crippen molar-refractivity contribution in [3.63, 3.8) is 0 Å². The van der Waals surface area contributed by atoms with Crippen molar-refractivity contribution >= 4 is 17.5 Å². The molecule has 2 rings (SSSR count). The normalized spacial score (nSPS) is 15.3. The molecule has 1 aliphatic heterocycles. The summed E-state index contributed by atoms with van der Waals surface area (Å²) >= 11 is 0. The topological polar surface area (TPSA) is 61.4 Å². The van der Waals surface area contributed by atoms with Crippen molar-refractivity contribution in [2.24, 2.45) is 0 Å². The molecular formula is C17H25N3O2. The molecule has 1 fully saturated rings. The van der Waals surface area contributed by atoms with Crippen LogP contribution in [0.3, 0.4) is 0 Å². The number of rotatable bonds is 6. The number of carbonyl (C=O) groups excluding carboxylic acids is 2. The smallest absolute Gasteiger partial charge is 0.251 e. The van der Waals surface area contributed by atoms with Gasteiger partial charge in [0.2, 0.25) is 5.91 Å². The first-order valence-electron chi connectivity index (χ1n) is 8.09. The number of nitrogens with zero attached hydrogens (tertiary/aromatic N) is 1. The largest absolute Gasteiger partial charge is 0.352 e. The number of hydrogen-bond donors (Lipinski definition) is 2. The maximum atomic E-state index is 12.0. The van der Waals surface area contributed by atoms with Crippen molar-refractivity contribution in [3.8, 4) is 0 Å². The van der Waals surface area contributed by atoms with Crippen molar-refractivity contribution < 1.29 is 9.59 Å². The van der Waals surface area contributed by atoms with Gasteiger partial charge in [-0.25, -0.2) is 0 Å². The molecule has 5 nitrogen and oxygen atoms in total. The molecule has 0 aliphatic carbocycles. The average Bonchev–Trinajstić information content (AvgIpc) is 2.54. The maximum absolute atomic E-state index is 12.0. The average molecular weight is 303 g/mol. The molecule has 0 atom stereocenters. The first-order chi connectivity index (χ1) is 10.7. The Balaban J connectivity index is 1.82. The monoisotopic (exact) mass is 303 g/mol. The van der Waals surface area contributed by atoms with Gasteiger partial charge < -0.3 is 10.6 Å². The molecule has 1 saturated heterocycles. The van der Waals surface area contributed by atoms with Crippen LogP contribution in [0.5, 0.6) is 0 Å². The molecule has 0 unspecified atom stereocenters. The second-order valence-corrected chi connectivity index (χ2v) is 5.72. The molecule has 2 N–H and O–H groups in total. The van der Waals surface area contributed by atoms with Crippen molar-refractivity contribution in [2.75, 3.05) is 31.5 Å². The molecule has 1 aliphatic rings. The Bertz CT molecular complexity index is 493. The number of carbonyl (C=O) groups is 2. The summed E-state index contributed by atoms with van der Waals surface area (Å²) in [5, 5.41) is 5.72. The zero-order valence-corrected chi connectivity index (χ0v) is 13.2. The lowest BCUT2D eigenvalue weighted by atomic mass is 10.1. The fourth-order valence-corrected chi connectivity index (χ4v) is 2.57. The second kappa shape index (κ2) is 8.54. The van der Waals surface area contributed by atoms with E-state index in [1.165, 1.54) is 19.3 Å². The van der Waals surface area contributed by atoms with Crippen molar-refractivity contribution in [1.82, 2.24) is 10.2 Å². The molecule has 0 spiro atoms. The van der Waals surface area contributed by atoms with Gasteiger partial charge >= 0.3 is 0 Å². The molecule has 0 bridgehead atoms. The molecule has 1 aromatic rings. The fraction of sp³-hybridized carbons (Fsp3) is 0.529. The molecule has 0 saturated carbocycles. The number of anilines is 1. The lowest BCUT2D eigenvalue weighted by Gasteiger charge is -2.25. The van der Waals surface area contributed by atoms with E-state index in [0.29, 0.717) is 18.7 Å². The summed E-state index contributed by atoms with van der Waals surface area (Å²) in [6.07, 6.45) is 4.53. The third-order valence-corrected chi connectivity index (χ3v) is 3.78. The third-order valence-electron chi connectivity index (χ3n) is 3.78. The van der Waals surface area contributed by atoms with Gasteiger partial charge in [-0.3, -0.25) is 14.5 Å². The first kappa shape index (κ1) is 16.5. The minimum Gasteiger partial charge on any atom is -0.352 e. The van der Waals surface area contributed by atoms with Crippen LogP contribution in [0.1, 0.15) is 43.0 Å². The molecular weight excluding hydrogens is 278 g/mol. The predicted octanol–water partition coefficient (Wildman–Crippen LogP) is 2.25. The Kier molecular flexibility index (Phi) is 6.40. The molecule has 0 aromatic heterocycles. The Morgan fingerprint density at radius 3 is 2.41 bits per heavy atom. The lowest BCUT2D eigenvalue weighted by molar-refractivity contribution is -0.117. The van der Waals surface area contributed by atoms with E-state index in [0.717, 1.165) is 25.2 Å². The van der Waals surface area contributed by atoms with Crippen molar-refractivity contribution in [3.05, 3.63) is 29.8 Å². The molecule has 1 aromatic carbocycles. The zero-order valence-electron chi connectivity index (χ0n) is 13.2. The Morgan fingerprint density at radius 2 is 1.77 bits per heavy atom.